The molecule has 0 spiro atoms. The molecule has 1 fully saturated rings. The van der Waals surface area contributed by atoms with Gasteiger partial charge < -0.3 is 9.47 Å². The minimum atomic E-state index is -0.729. The number of carbonyl (C=O) groups excluding carboxylic acids is 2. The first-order chi connectivity index (χ1) is 10.8. The molecule has 0 heterocycles. The van der Waals surface area contributed by atoms with Gasteiger partial charge in [-0.15, -0.1) is 0 Å². The van der Waals surface area contributed by atoms with Crippen LogP contribution >= 0.6 is 0 Å². The lowest BCUT2D eigenvalue weighted by atomic mass is 9.82. The molecule has 1 aliphatic carbocycles. The lowest BCUT2D eigenvalue weighted by Gasteiger charge is -2.36. The van der Waals surface area contributed by atoms with Crippen LogP contribution in [0.1, 0.15) is 69.7 Å². The molecule has 0 saturated heterocycles. The van der Waals surface area contributed by atoms with Gasteiger partial charge in [0, 0.05) is 0 Å². The van der Waals surface area contributed by atoms with Crippen molar-refractivity contribution < 1.29 is 19.1 Å². The molecular formula is C19H26O4. The van der Waals surface area contributed by atoms with Crippen LogP contribution in [0.3, 0.4) is 0 Å². The first-order valence-electron chi connectivity index (χ1n) is 8.30. The Bertz CT molecular complexity index is 536. The number of carbonyl (C=O) groups is 2. The second-order valence-corrected chi connectivity index (χ2v) is 7.26. The minimum absolute atomic E-state index is 0.128. The Morgan fingerprint density at radius 2 is 1.65 bits per heavy atom. The molecule has 1 aromatic carbocycles. The molecule has 0 aliphatic heterocycles. The van der Waals surface area contributed by atoms with Crippen molar-refractivity contribution in [3.05, 3.63) is 35.9 Å². The number of ether oxygens (including phenoxy) is 2. The van der Waals surface area contributed by atoms with E-state index in [4.69, 9.17) is 9.47 Å². The monoisotopic (exact) mass is 318 g/mol. The molecule has 2 rings (SSSR count). The Morgan fingerprint density at radius 1 is 1.04 bits per heavy atom. The normalized spacial score (nSPS) is 17.3. The summed E-state index contributed by atoms with van der Waals surface area (Å²) in [5.74, 6) is -0.670. The van der Waals surface area contributed by atoms with Crippen molar-refractivity contribution in [1.82, 2.24) is 0 Å². The summed E-state index contributed by atoms with van der Waals surface area (Å²) >= 11 is 0. The molecule has 1 aliphatic rings. The molecule has 23 heavy (non-hydrogen) atoms. The molecular weight excluding hydrogens is 292 g/mol. The third kappa shape index (κ3) is 5.38. The molecule has 1 aromatic rings. The van der Waals surface area contributed by atoms with E-state index in [1.54, 1.807) is 24.3 Å². The maximum Gasteiger partial charge on any atom is 0.338 e. The smallest absolute Gasteiger partial charge is 0.338 e. The first-order valence-corrected chi connectivity index (χ1v) is 8.30. The van der Waals surface area contributed by atoms with Crippen LogP contribution in [0.2, 0.25) is 0 Å². The molecule has 0 unspecified atom stereocenters. The van der Waals surface area contributed by atoms with Crippen LogP contribution in [0.5, 0.6) is 0 Å². The van der Waals surface area contributed by atoms with E-state index in [1.807, 2.05) is 26.8 Å². The van der Waals surface area contributed by atoms with E-state index in [0.29, 0.717) is 18.4 Å². The molecule has 1 saturated carbocycles. The largest absolute Gasteiger partial charge is 0.460 e. The summed E-state index contributed by atoms with van der Waals surface area (Å²) in [5.41, 5.74) is -0.745. The van der Waals surface area contributed by atoms with E-state index in [1.165, 1.54) is 0 Å². The summed E-state index contributed by atoms with van der Waals surface area (Å²) in [7, 11) is 0. The lowest BCUT2D eigenvalue weighted by molar-refractivity contribution is -0.161. The highest BCUT2D eigenvalue weighted by molar-refractivity contribution is 5.89. The second-order valence-electron chi connectivity index (χ2n) is 7.26. The van der Waals surface area contributed by atoms with Gasteiger partial charge >= 0.3 is 11.9 Å². The van der Waals surface area contributed by atoms with Gasteiger partial charge in [-0.3, -0.25) is 4.79 Å². The zero-order chi connectivity index (χ0) is 16.9. The average Bonchev–Trinajstić information content (AvgIpc) is 2.46. The highest BCUT2D eigenvalue weighted by Gasteiger charge is 2.39. The third-order valence-electron chi connectivity index (χ3n) is 3.97. The highest BCUT2D eigenvalue weighted by atomic mass is 16.6. The summed E-state index contributed by atoms with van der Waals surface area (Å²) in [4.78, 5) is 24.6. The van der Waals surface area contributed by atoms with Crippen molar-refractivity contribution in [3.63, 3.8) is 0 Å². The number of rotatable bonds is 4. The van der Waals surface area contributed by atoms with E-state index >= 15 is 0 Å². The topological polar surface area (TPSA) is 52.6 Å². The SMILES string of the molecule is CC(C)(C)OC(=O)CC1(OC(=O)c2ccccc2)CCCCC1. The van der Waals surface area contributed by atoms with Gasteiger partial charge in [-0.05, 0) is 58.6 Å². The molecule has 0 atom stereocenters. The maximum absolute atomic E-state index is 12.4. The van der Waals surface area contributed by atoms with Crippen molar-refractivity contribution in [2.24, 2.45) is 0 Å². The average molecular weight is 318 g/mol. The summed E-state index contributed by atoms with van der Waals surface area (Å²) in [6.45, 7) is 5.53. The Balaban J connectivity index is 2.09. The zero-order valence-electron chi connectivity index (χ0n) is 14.3. The Hall–Kier alpha value is -1.84. The summed E-state index contributed by atoms with van der Waals surface area (Å²) in [5, 5.41) is 0. The second kappa shape index (κ2) is 7.16. The van der Waals surface area contributed by atoms with E-state index in [2.05, 4.69) is 0 Å². The summed E-state index contributed by atoms with van der Waals surface area (Å²) < 4.78 is 11.2. The number of hydrogen-bond donors (Lipinski definition) is 0. The van der Waals surface area contributed by atoms with Crippen LogP contribution < -0.4 is 0 Å². The van der Waals surface area contributed by atoms with Gasteiger partial charge in [-0.1, -0.05) is 24.6 Å². The predicted molar refractivity (Wildman–Crippen MR) is 88.1 cm³/mol. The quantitative estimate of drug-likeness (QED) is 0.778. The molecule has 0 N–H and O–H groups in total. The molecule has 4 nitrogen and oxygen atoms in total. The van der Waals surface area contributed by atoms with E-state index in [9.17, 15) is 9.59 Å². The Labute approximate surface area is 138 Å². The van der Waals surface area contributed by atoms with Gasteiger partial charge in [0.15, 0.2) is 0 Å². The van der Waals surface area contributed by atoms with Gasteiger partial charge in [0.05, 0.1) is 12.0 Å². The first kappa shape index (κ1) is 17.5. The van der Waals surface area contributed by atoms with Crippen LogP contribution in [-0.4, -0.2) is 23.1 Å². The summed E-state index contributed by atoms with van der Waals surface area (Å²) in [6.07, 6.45) is 4.59. The van der Waals surface area contributed by atoms with Gasteiger partial charge in [-0.25, -0.2) is 4.79 Å². The third-order valence-corrected chi connectivity index (χ3v) is 3.97. The van der Waals surface area contributed by atoms with Crippen LogP contribution in [0, 0.1) is 0 Å². The van der Waals surface area contributed by atoms with Crippen LogP contribution in [0.4, 0.5) is 0 Å². The molecule has 0 radical (unpaired) electrons. The van der Waals surface area contributed by atoms with Gasteiger partial charge in [0.1, 0.15) is 11.2 Å². The maximum atomic E-state index is 12.4. The zero-order valence-corrected chi connectivity index (χ0v) is 14.3. The Morgan fingerprint density at radius 3 is 2.22 bits per heavy atom. The van der Waals surface area contributed by atoms with Crippen molar-refractivity contribution in [3.8, 4) is 0 Å². The van der Waals surface area contributed by atoms with Gasteiger partial charge in [0.2, 0.25) is 0 Å². The highest BCUT2D eigenvalue weighted by Crippen LogP contribution is 2.36. The van der Waals surface area contributed by atoms with Crippen LogP contribution in [0.15, 0.2) is 30.3 Å². The number of benzene rings is 1. The summed E-state index contributed by atoms with van der Waals surface area (Å²) in [6, 6.07) is 8.92. The van der Waals surface area contributed by atoms with Crippen molar-refractivity contribution in [1.29, 1.82) is 0 Å². The van der Waals surface area contributed by atoms with Gasteiger partial charge in [0.25, 0.3) is 0 Å². The van der Waals surface area contributed by atoms with Crippen molar-refractivity contribution in [2.75, 3.05) is 0 Å². The molecule has 126 valence electrons. The van der Waals surface area contributed by atoms with E-state index < -0.39 is 11.2 Å². The Kier molecular flexibility index (Phi) is 5.45. The van der Waals surface area contributed by atoms with Gasteiger partial charge in [-0.2, -0.15) is 0 Å². The number of hydrogen-bond acceptors (Lipinski definition) is 4. The lowest BCUT2D eigenvalue weighted by Crippen LogP contribution is -2.41. The van der Waals surface area contributed by atoms with Crippen LogP contribution in [-0.2, 0) is 14.3 Å². The fourth-order valence-electron chi connectivity index (χ4n) is 2.98. The van der Waals surface area contributed by atoms with E-state index in [-0.39, 0.29) is 18.4 Å². The standard InChI is InChI=1S/C19H26O4/c1-18(2,3)22-16(20)14-19(12-8-5-9-13-19)23-17(21)15-10-6-4-7-11-15/h4,6-7,10-11H,5,8-9,12-14H2,1-3H3. The molecule has 0 aromatic heterocycles. The minimum Gasteiger partial charge on any atom is -0.460 e. The fraction of sp³-hybridized carbons (Fsp3) is 0.579. The van der Waals surface area contributed by atoms with Crippen LogP contribution in [0.25, 0.3) is 0 Å². The molecule has 4 heteroatoms. The molecule has 0 bridgehead atoms. The number of esters is 2. The van der Waals surface area contributed by atoms with Crippen molar-refractivity contribution in [2.45, 2.75) is 70.5 Å². The fourth-order valence-corrected chi connectivity index (χ4v) is 2.98. The van der Waals surface area contributed by atoms with Crippen molar-refractivity contribution >= 4 is 11.9 Å². The predicted octanol–water partition coefficient (Wildman–Crippen LogP) is 4.28. The van der Waals surface area contributed by atoms with E-state index in [0.717, 1.165) is 19.3 Å². The molecule has 0 amide bonds.